The minimum atomic E-state index is 0.594. The lowest BCUT2D eigenvalue weighted by molar-refractivity contribution is 0.670. The lowest BCUT2D eigenvalue weighted by Crippen LogP contribution is -2.00. The zero-order valence-corrected chi connectivity index (χ0v) is 27.5. The third-order valence-corrected chi connectivity index (χ3v) is 9.69. The normalized spacial score (nSPS) is 11.5. The second-order valence-electron chi connectivity index (χ2n) is 12.8. The third kappa shape index (κ3) is 5.13. The number of nitrogens with zero attached hydrogens (tertiary/aromatic N) is 3. The maximum Gasteiger partial charge on any atom is 0.164 e. The van der Waals surface area contributed by atoms with Crippen molar-refractivity contribution in [3.05, 3.63) is 176 Å². The van der Waals surface area contributed by atoms with Gasteiger partial charge in [-0.1, -0.05) is 146 Å². The molecule has 0 aliphatic rings. The Morgan fingerprint density at radius 1 is 0.314 bits per heavy atom. The van der Waals surface area contributed by atoms with Crippen LogP contribution in [0.4, 0.5) is 0 Å². The lowest BCUT2D eigenvalue weighted by atomic mass is 9.92. The molecule has 51 heavy (non-hydrogen) atoms. The van der Waals surface area contributed by atoms with Crippen LogP contribution in [-0.2, 0) is 0 Å². The molecule has 0 atom stereocenters. The largest absolute Gasteiger partial charge is 0.455 e. The zero-order valence-electron chi connectivity index (χ0n) is 27.5. The highest BCUT2D eigenvalue weighted by molar-refractivity contribution is 6.14. The Morgan fingerprint density at radius 2 is 0.922 bits per heavy atom. The molecule has 2 heterocycles. The summed E-state index contributed by atoms with van der Waals surface area (Å²) >= 11 is 0. The fraction of sp³-hybridized carbons (Fsp3) is 0. The van der Waals surface area contributed by atoms with Gasteiger partial charge in [0.15, 0.2) is 17.5 Å². The number of hydrogen-bond acceptors (Lipinski definition) is 4. The van der Waals surface area contributed by atoms with Gasteiger partial charge >= 0.3 is 0 Å². The van der Waals surface area contributed by atoms with E-state index in [4.69, 9.17) is 19.4 Å². The fourth-order valence-corrected chi connectivity index (χ4v) is 7.15. The van der Waals surface area contributed by atoms with Crippen LogP contribution in [0.5, 0.6) is 0 Å². The van der Waals surface area contributed by atoms with Crippen LogP contribution in [0.25, 0.3) is 99.9 Å². The average Bonchev–Trinajstić information content (AvgIpc) is 3.58. The minimum absolute atomic E-state index is 0.594. The van der Waals surface area contributed by atoms with Crippen molar-refractivity contribution in [3.63, 3.8) is 0 Å². The highest BCUT2D eigenvalue weighted by Crippen LogP contribution is 2.42. The summed E-state index contributed by atoms with van der Waals surface area (Å²) < 4.78 is 6.87. The van der Waals surface area contributed by atoms with E-state index >= 15 is 0 Å². The first-order valence-electron chi connectivity index (χ1n) is 17.1. The van der Waals surface area contributed by atoms with E-state index in [0.717, 1.165) is 60.9 Å². The van der Waals surface area contributed by atoms with Crippen molar-refractivity contribution >= 4 is 43.5 Å². The van der Waals surface area contributed by atoms with Gasteiger partial charge in [0.05, 0.1) is 0 Å². The van der Waals surface area contributed by atoms with Crippen LogP contribution in [0.1, 0.15) is 0 Å². The van der Waals surface area contributed by atoms with Gasteiger partial charge in [-0.15, -0.1) is 0 Å². The molecule has 0 spiro atoms. The molecule has 0 unspecified atom stereocenters. The van der Waals surface area contributed by atoms with E-state index in [-0.39, 0.29) is 0 Å². The van der Waals surface area contributed by atoms with Crippen LogP contribution in [0.2, 0.25) is 0 Å². The Balaban J connectivity index is 1.20. The van der Waals surface area contributed by atoms with Gasteiger partial charge in [-0.2, -0.15) is 0 Å². The topological polar surface area (TPSA) is 51.8 Å². The van der Waals surface area contributed by atoms with Crippen LogP contribution < -0.4 is 0 Å². The monoisotopic (exact) mass is 651 g/mol. The number of aromatic nitrogens is 3. The molecule has 0 fully saturated rings. The summed E-state index contributed by atoms with van der Waals surface area (Å²) in [6, 6.07) is 61.2. The van der Waals surface area contributed by atoms with E-state index in [0.29, 0.717) is 17.5 Å². The van der Waals surface area contributed by atoms with E-state index in [9.17, 15) is 0 Å². The average molecular weight is 652 g/mol. The van der Waals surface area contributed by atoms with Crippen molar-refractivity contribution in [1.82, 2.24) is 15.0 Å². The summed E-state index contributed by atoms with van der Waals surface area (Å²) in [6.07, 6.45) is 0. The maximum atomic E-state index is 6.87. The van der Waals surface area contributed by atoms with Gasteiger partial charge in [0, 0.05) is 33.0 Å². The first-order chi connectivity index (χ1) is 25.2. The van der Waals surface area contributed by atoms with Crippen LogP contribution in [0.15, 0.2) is 180 Å². The molecule has 0 aliphatic heterocycles. The number of benzene rings is 8. The van der Waals surface area contributed by atoms with Gasteiger partial charge in [-0.25, -0.2) is 15.0 Å². The summed E-state index contributed by atoms with van der Waals surface area (Å²) in [5.41, 5.74) is 8.86. The molecule has 8 aromatic carbocycles. The SMILES string of the molecule is c1ccc(-c2nc(-c3ccccc3)nc(-c3ccc4c(c3)oc3c(-c5cccc6ccccc56)cc(-c5ccc6ccccc6c5)cc34)n2)cc1. The van der Waals surface area contributed by atoms with E-state index in [1.54, 1.807) is 0 Å². The lowest BCUT2D eigenvalue weighted by Gasteiger charge is -2.11. The number of fused-ring (bicyclic) bond motifs is 5. The Kier molecular flexibility index (Phi) is 6.78. The molecule has 0 N–H and O–H groups in total. The second kappa shape index (κ2) is 11.9. The molecular weight excluding hydrogens is 623 g/mol. The summed E-state index contributed by atoms with van der Waals surface area (Å²) in [7, 11) is 0. The first-order valence-corrected chi connectivity index (χ1v) is 17.1. The Morgan fingerprint density at radius 3 is 1.67 bits per heavy atom. The molecule has 4 heteroatoms. The molecule has 2 aromatic heterocycles. The van der Waals surface area contributed by atoms with Gasteiger partial charge in [0.1, 0.15) is 11.2 Å². The Bertz CT molecular complexity index is 2850. The van der Waals surface area contributed by atoms with E-state index in [1.807, 2.05) is 60.7 Å². The van der Waals surface area contributed by atoms with E-state index in [1.165, 1.54) is 21.5 Å². The van der Waals surface area contributed by atoms with Crippen molar-refractivity contribution in [2.75, 3.05) is 0 Å². The zero-order chi connectivity index (χ0) is 33.7. The van der Waals surface area contributed by atoms with Gasteiger partial charge in [-0.05, 0) is 68.6 Å². The fourth-order valence-electron chi connectivity index (χ4n) is 7.15. The summed E-state index contributed by atoms with van der Waals surface area (Å²) in [5.74, 6) is 1.85. The molecule has 0 bridgehead atoms. The predicted octanol–water partition coefficient (Wildman–Crippen LogP) is 12.4. The number of hydrogen-bond donors (Lipinski definition) is 0. The summed E-state index contributed by atoms with van der Waals surface area (Å²) in [6.45, 7) is 0. The molecule has 238 valence electrons. The molecule has 0 aliphatic carbocycles. The first kappa shape index (κ1) is 29.0. The smallest absolute Gasteiger partial charge is 0.164 e. The van der Waals surface area contributed by atoms with Crippen LogP contribution in [0, 0.1) is 0 Å². The quantitative estimate of drug-likeness (QED) is 0.186. The van der Waals surface area contributed by atoms with E-state index in [2.05, 4.69) is 115 Å². The molecule has 0 amide bonds. The second-order valence-corrected chi connectivity index (χ2v) is 12.8. The van der Waals surface area contributed by atoms with Crippen molar-refractivity contribution in [2.24, 2.45) is 0 Å². The molecule has 0 saturated carbocycles. The molecule has 10 rings (SSSR count). The maximum absolute atomic E-state index is 6.87. The summed E-state index contributed by atoms with van der Waals surface area (Å²) in [5, 5.41) is 6.92. The van der Waals surface area contributed by atoms with Crippen LogP contribution >= 0.6 is 0 Å². The van der Waals surface area contributed by atoms with Crippen molar-refractivity contribution < 1.29 is 4.42 Å². The van der Waals surface area contributed by atoms with Gasteiger partial charge in [0.25, 0.3) is 0 Å². The number of furan rings is 1. The number of rotatable bonds is 5. The highest BCUT2D eigenvalue weighted by atomic mass is 16.3. The predicted molar refractivity (Wildman–Crippen MR) is 209 cm³/mol. The highest BCUT2D eigenvalue weighted by Gasteiger charge is 2.19. The third-order valence-electron chi connectivity index (χ3n) is 9.69. The Hall–Kier alpha value is -6.91. The Labute approximate surface area is 294 Å². The van der Waals surface area contributed by atoms with Crippen molar-refractivity contribution in [2.45, 2.75) is 0 Å². The molecule has 0 radical (unpaired) electrons. The summed E-state index contributed by atoms with van der Waals surface area (Å²) in [4.78, 5) is 14.8. The molecule has 10 aromatic rings. The molecule has 4 nitrogen and oxygen atoms in total. The molecule has 0 saturated heterocycles. The standard InChI is InChI=1S/C47H29N3O/c1-3-14-32(15-4-1)45-48-46(33-16-5-2-6-17-33)50-47(49-45)36-24-25-40-42-28-37(35-23-22-30-12-7-8-18-34(30)26-35)27-41(44(42)51-43(40)29-36)39-21-11-19-31-13-9-10-20-38(31)39/h1-29H. The van der Waals surface area contributed by atoms with E-state index < -0.39 is 0 Å². The van der Waals surface area contributed by atoms with Crippen molar-refractivity contribution in [3.8, 4) is 56.4 Å². The van der Waals surface area contributed by atoms with Gasteiger partial charge in [0.2, 0.25) is 0 Å². The van der Waals surface area contributed by atoms with Crippen LogP contribution in [0.3, 0.4) is 0 Å². The van der Waals surface area contributed by atoms with Crippen LogP contribution in [-0.4, -0.2) is 15.0 Å². The molecular formula is C47H29N3O. The van der Waals surface area contributed by atoms with Gasteiger partial charge in [-0.3, -0.25) is 0 Å². The van der Waals surface area contributed by atoms with Gasteiger partial charge < -0.3 is 4.42 Å². The van der Waals surface area contributed by atoms with Crippen molar-refractivity contribution in [1.29, 1.82) is 0 Å². The minimum Gasteiger partial charge on any atom is -0.455 e.